The number of para-hydroxylation sites is 1. The fraction of sp³-hybridized carbons (Fsp3) is 0.300. The summed E-state index contributed by atoms with van der Waals surface area (Å²) in [7, 11) is 0. The SMILES string of the molecule is O=C(NCCC(=O)N1CCN(c2ccccc2Cl)CC1)c1ccc(F)cc1F. The Morgan fingerprint density at radius 2 is 1.75 bits per heavy atom. The number of hydrogen-bond donors (Lipinski definition) is 1. The van der Waals surface area contributed by atoms with E-state index in [9.17, 15) is 18.4 Å². The van der Waals surface area contributed by atoms with Crippen LogP contribution in [0.25, 0.3) is 0 Å². The zero-order chi connectivity index (χ0) is 20.1. The van der Waals surface area contributed by atoms with Crippen molar-refractivity contribution in [2.24, 2.45) is 0 Å². The van der Waals surface area contributed by atoms with Crippen LogP contribution in [0.5, 0.6) is 0 Å². The Hall–Kier alpha value is -2.67. The van der Waals surface area contributed by atoms with E-state index in [1.165, 1.54) is 0 Å². The van der Waals surface area contributed by atoms with Crippen molar-refractivity contribution in [1.29, 1.82) is 0 Å². The van der Waals surface area contributed by atoms with Gasteiger partial charge in [0.05, 0.1) is 16.3 Å². The van der Waals surface area contributed by atoms with Gasteiger partial charge in [0, 0.05) is 45.2 Å². The minimum atomic E-state index is -0.931. The first-order valence-electron chi connectivity index (χ1n) is 8.96. The number of anilines is 1. The normalized spacial score (nSPS) is 14.1. The highest BCUT2D eigenvalue weighted by atomic mass is 35.5. The highest BCUT2D eigenvalue weighted by Crippen LogP contribution is 2.26. The van der Waals surface area contributed by atoms with Gasteiger partial charge in [0.25, 0.3) is 5.91 Å². The third-order valence-electron chi connectivity index (χ3n) is 4.63. The van der Waals surface area contributed by atoms with E-state index >= 15 is 0 Å². The summed E-state index contributed by atoms with van der Waals surface area (Å²) < 4.78 is 26.5. The van der Waals surface area contributed by atoms with Crippen molar-refractivity contribution >= 4 is 29.1 Å². The molecule has 1 aliphatic heterocycles. The first-order valence-corrected chi connectivity index (χ1v) is 9.34. The molecule has 0 aliphatic carbocycles. The lowest BCUT2D eigenvalue weighted by Gasteiger charge is -2.36. The quantitative estimate of drug-likeness (QED) is 0.828. The molecule has 1 N–H and O–H groups in total. The average molecular weight is 408 g/mol. The number of benzene rings is 2. The summed E-state index contributed by atoms with van der Waals surface area (Å²) in [5, 5.41) is 3.17. The molecule has 0 saturated carbocycles. The molecule has 1 saturated heterocycles. The zero-order valence-electron chi connectivity index (χ0n) is 15.1. The molecule has 2 aromatic carbocycles. The maximum absolute atomic E-state index is 13.6. The zero-order valence-corrected chi connectivity index (χ0v) is 15.9. The fourth-order valence-electron chi connectivity index (χ4n) is 3.11. The minimum Gasteiger partial charge on any atom is -0.367 e. The molecule has 0 spiro atoms. The Morgan fingerprint density at radius 3 is 2.43 bits per heavy atom. The van der Waals surface area contributed by atoms with Gasteiger partial charge in [-0.25, -0.2) is 8.78 Å². The monoisotopic (exact) mass is 407 g/mol. The van der Waals surface area contributed by atoms with E-state index in [-0.39, 0.29) is 24.4 Å². The third-order valence-corrected chi connectivity index (χ3v) is 4.95. The van der Waals surface area contributed by atoms with E-state index < -0.39 is 17.5 Å². The number of halogens is 3. The largest absolute Gasteiger partial charge is 0.367 e. The maximum Gasteiger partial charge on any atom is 0.254 e. The van der Waals surface area contributed by atoms with E-state index in [2.05, 4.69) is 10.2 Å². The summed E-state index contributed by atoms with van der Waals surface area (Å²) in [5.41, 5.74) is 0.701. The number of hydrogen-bond acceptors (Lipinski definition) is 3. The lowest BCUT2D eigenvalue weighted by Crippen LogP contribution is -2.49. The van der Waals surface area contributed by atoms with Crippen LogP contribution >= 0.6 is 11.6 Å². The first kappa shape index (κ1) is 20.1. The second kappa shape index (κ2) is 9.01. The lowest BCUT2D eigenvalue weighted by molar-refractivity contribution is -0.131. The third kappa shape index (κ3) is 4.78. The van der Waals surface area contributed by atoms with Crippen LogP contribution < -0.4 is 10.2 Å². The highest BCUT2D eigenvalue weighted by molar-refractivity contribution is 6.33. The van der Waals surface area contributed by atoms with Gasteiger partial charge in [-0.3, -0.25) is 9.59 Å². The van der Waals surface area contributed by atoms with Crippen molar-refractivity contribution in [2.75, 3.05) is 37.6 Å². The van der Waals surface area contributed by atoms with Crippen LogP contribution in [0.3, 0.4) is 0 Å². The number of carbonyl (C=O) groups is 2. The van der Waals surface area contributed by atoms with E-state index in [1.807, 2.05) is 24.3 Å². The number of carbonyl (C=O) groups excluding carboxylic acids is 2. The second-order valence-electron chi connectivity index (χ2n) is 6.45. The summed E-state index contributed by atoms with van der Waals surface area (Å²) in [6, 6.07) is 10.3. The topological polar surface area (TPSA) is 52.7 Å². The molecule has 2 amide bonds. The second-order valence-corrected chi connectivity index (χ2v) is 6.86. The van der Waals surface area contributed by atoms with Crippen molar-refractivity contribution in [3.63, 3.8) is 0 Å². The standard InChI is InChI=1S/C20H20ClF2N3O2/c21-16-3-1-2-4-18(16)25-9-11-26(12-10-25)19(27)7-8-24-20(28)15-6-5-14(22)13-17(15)23/h1-6,13H,7-12H2,(H,24,28). The van der Waals surface area contributed by atoms with Gasteiger partial charge >= 0.3 is 0 Å². The molecule has 148 valence electrons. The molecule has 5 nitrogen and oxygen atoms in total. The molecular formula is C20H20ClF2N3O2. The first-order chi connectivity index (χ1) is 13.5. The molecule has 28 heavy (non-hydrogen) atoms. The van der Waals surface area contributed by atoms with Gasteiger partial charge in [-0.05, 0) is 24.3 Å². The molecule has 0 unspecified atom stereocenters. The Balaban J connectivity index is 1.45. The number of piperazine rings is 1. The van der Waals surface area contributed by atoms with Gasteiger partial charge in [-0.15, -0.1) is 0 Å². The molecule has 1 aliphatic rings. The van der Waals surface area contributed by atoms with Gasteiger partial charge in [-0.1, -0.05) is 23.7 Å². The van der Waals surface area contributed by atoms with Crippen molar-refractivity contribution in [3.05, 3.63) is 64.7 Å². The van der Waals surface area contributed by atoms with Crippen LogP contribution in [0.2, 0.25) is 5.02 Å². The van der Waals surface area contributed by atoms with Crippen LogP contribution in [-0.4, -0.2) is 49.4 Å². The molecular weight excluding hydrogens is 388 g/mol. The predicted molar refractivity (Wildman–Crippen MR) is 104 cm³/mol. The molecule has 8 heteroatoms. The van der Waals surface area contributed by atoms with Gasteiger partial charge in [0.1, 0.15) is 11.6 Å². The molecule has 0 radical (unpaired) electrons. The van der Waals surface area contributed by atoms with Crippen LogP contribution in [0.15, 0.2) is 42.5 Å². The van der Waals surface area contributed by atoms with Crippen molar-refractivity contribution in [1.82, 2.24) is 10.2 Å². The Morgan fingerprint density at radius 1 is 1.04 bits per heavy atom. The smallest absolute Gasteiger partial charge is 0.254 e. The van der Waals surface area contributed by atoms with Crippen molar-refractivity contribution < 1.29 is 18.4 Å². The molecule has 1 fully saturated rings. The lowest BCUT2D eigenvalue weighted by atomic mass is 10.2. The number of nitrogens with one attached hydrogen (secondary N) is 1. The molecule has 2 aromatic rings. The summed E-state index contributed by atoms with van der Waals surface area (Å²) >= 11 is 6.22. The minimum absolute atomic E-state index is 0.0826. The van der Waals surface area contributed by atoms with Crippen molar-refractivity contribution in [3.8, 4) is 0 Å². The number of amides is 2. The number of nitrogens with zero attached hydrogens (tertiary/aromatic N) is 2. The van der Waals surface area contributed by atoms with E-state index in [1.54, 1.807) is 4.90 Å². The van der Waals surface area contributed by atoms with Crippen LogP contribution in [0, 0.1) is 11.6 Å². The van der Waals surface area contributed by atoms with Crippen LogP contribution in [-0.2, 0) is 4.79 Å². The maximum atomic E-state index is 13.6. The van der Waals surface area contributed by atoms with Gasteiger partial charge in [-0.2, -0.15) is 0 Å². The van der Waals surface area contributed by atoms with E-state index in [0.717, 1.165) is 17.8 Å². The summed E-state index contributed by atoms with van der Waals surface area (Å²) in [5.74, 6) is -2.44. The van der Waals surface area contributed by atoms with Crippen molar-refractivity contribution in [2.45, 2.75) is 6.42 Å². The summed E-state index contributed by atoms with van der Waals surface area (Å²) in [4.78, 5) is 28.2. The molecule has 1 heterocycles. The number of rotatable bonds is 5. The molecule has 0 aromatic heterocycles. The summed E-state index contributed by atoms with van der Waals surface area (Å²) in [6.45, 7) is 2.54. The Labute approximate surface area is 166 Å². The predicted octanol–water partition coefficient (Wildman–Crippen LogP) is 3.09. The Kier molecular flexibility index (Phi) is 6.46. The average Bonchev–Trinajstić information content (AvgIpc) is 2.68. The molecule has 3 rings (SSSR count). The summed E-state index contributed by atoms with van der Waals surface area (Å²) in [6.07, 6.45) is 0.112. The molecule has 0 bridgehead atoms. The van der Waals surface area contributed by atoms with Gasteiger partial charge < -0.3 is 15.1 Å². The van der Waals surface area contributed by atoms with Crippen LogP contribution in [0.1, 0.15) is 16.8 Å². The Bertz CT molecular complexity index is 870. The highest BCUT2D eigenvalue weighted by Gasteiger charge is 2.22. The van der Waals surface area contributed by atoms with Gasteiger partial charge in [0.2, 0.25) is 5.91 Å². The fourth-order valence-corrected chi connectivity index (χ4v) is 3.37. The molecule has 0 atom stereocenters. The van der Waals surface area contributed by atoms with E-state index in [4.69, 9.17) is 11.6 Å². The van der Waals surface area contributed by atoms with Gasteiger partial charge in [0.15, 0.2) is 0 Å². The van der Waals surface area contributed by atoms with E-state index in [0.29, 0.717) is 37.3 Å². The van der Waals surface area contributed by atoms with Crippen LogP contribution in [0.4, 0.5) is 14.5 Å².